The molecule has 0 aliphatic heterocycles. The fraction of sp³-hybridized carbons (Fsp3) is 0.138. The van der Waals surface area contributed by atoms with Gasteiger partial charge in [-0.3, -0.25) is 5.32 Å². The van der Waals surface area contributed by atoms with Crippen molar-refractivity contribution in [1.82, 2.24) is 5.32 Å². The molecule has 0 unspecified atom stereocenters. The van der Waals surface area contributed by atoms with E-state index in [4.69, 9.17) is 4.74 Å². The number of aliphatic hydroxyl groups excluding tert-OH is 1. The van der Waals surface area contributed by atoms with E-state index >= 15 is 0 Å². The second-order valence-electron chi connectivity index (χ2n) is 7.85. The predicted octanol–water partition coefficient (Wildman–Crippen LogP) is 4.84. The van der Waals surface area contributed by atoms with Crippen molar-refractivity contribution < 1.29 is 14.6 Å². The van der Waals surface area contributed by atoms with Crippen LogP contribution in [-0.4, -0.2) is 24.3 Å². The van der Waals surface area contributed by atoms with Gasteiger partial charge in [0.25, 0.3) is 0 Å². The van der Waals surface area contributed by atoms with E-state index in [1.165, 1.54) is 7.11 Å². The Kier molecular flexibility index (Phi) is 6.98. The predicted molar refractivity (Wildman–Crippen MR) is 130 cm³/mol. The zero-order valence-corrected chi connectivity index (χ0v) is 18.5. The summed E-state index contributed by atoms with van der Waals surface area (Å²) in [6.45, 7) is 0. The number of hydrogen-bond acceptors (Lipinski definition) is 4. The van der Waals surface area contributed by atoms with Gasteiger partial charge in [0.05, 0.1) is 18.7 Å². The maximum Gasteiger partial charge on any atom is 0.336 e. The Morgan fingerprint density at radius 3 is 1.42 bits per heavy atom. The highest BCUT2D eigenvalue weighted by Gasteiger charge is 2.41. The zero-order valence-electron chi connectivity index (χ0n) is 18.5. The molecule has 0 bridgehead atoms. The Labute approximate surface area is 194 Å². The van der Waals surface area contributed by atoms with Gasteiger partial charge in [0.2, 0.25) is 0 Å². The molecule has 0 aromatic heterocycles. The average Bonchev–Trinajstić information content (AvgIpc) is 2.91. The Morgan fingerprint density at radius 1 is 0.697 bits per heavy atom. The minimum atomic E-state index is -1.41. The normalized spacial score (nSPS) is 13.2. The van der Waals surface area contributed by atoms with Crippen LogP contribution in [0.25, 0.3) is 0 Å². The molecule has 0 amide bonds. The van der Waals surface area contributed by atoms with Crippen molar-refractivity contribution in [2.75, 3.05) is 7.11 Å². The Bertz CT molecular complexity index is 1050. The van der Waals surface area contributed by atoms with Crippen molar-refractivity contribution in [3.63, 3.8) is 0 Å². The highest BCUT2D eigenvalue weighted by atomic mass is 16.5. The quantitative estimate of drug-likeness (QED) is 0.306. The van der Waals surface area contributed by atoms with E-state index in [-0.39, 0.29) is 0 Å². The largest absolute Gasteiger partial charge is 0.467 e. The molecule has 0 aliphatic rings. The molecule has 4 heteroatoms. The fourth-order valence-electron chi connectivity index (χ4n) is 4.31. The van der Waals surface area contributed by atoms with Gasteiger partial charge in [-0.1, -0.05) is 121 Å². The number of methoxy groups -OCH3 is 1. The monoisotopic (exact) mass is 437 g/mol. The van der Waals surface area contributed by atoms with E-state index in [0.29, 0.717) is 0 Å². The summed E-state index contributed by atoms with van der Waals surface area (Å²) < 4.78 is 4.92. The Balaban J connectivity index is 1.98. The van der Waals surface area contributed by atoms with Gasteiger partial charge in [-0.15, -0.1) is 0 Å². The highest BCUT2D eigenvalue weighted by molar-refractivity contribution is 5.75. The second-order valence-corrected chi connectivity index (χ2v) is 7.85. The van der Waals surface area contributed by atoms with Crippen molar-refractivity contribution in [3.05, 3.63) is 144 Å². The summed E-state index contributed by atoms with van der Waals surface area (Å²) >= 11 is 0. The van der Waals surface area contributed by atoms with Crippen LogP contribution >= 0.6 is 0 Å². The van der Waals surface area contributed by atoms with Crippen LogP contribution in [-0.2, 0) is 15.1 Å². The minimum Gasteiger partial charge on any atom is -0.467 e. The summed E-state index contributed by atoms with van der Waals surface area (Å²) in [5, 5.41) is 14.8. The number of hydrogen-bond donors (Lipinski definition) is 2. The topological polar surface area (TPSA) is 58.6 Å². The van der Waals surface area contributed by atoms with Crippen LogP contribution in [0.15, 0.2) is 121 Å². The van der Waals surface area contributed by atoms with E-state index < -0.39 is 23.7 Å². The summed E-state index contributed by atoms with van der Waals surface area (Å²) in [6, 6.07) is 39.0. The first kappa shape index (κ1) is 22.5. The lowest BCUT2D eigenvalue weighted by atomic mass is 9.75. The molecule has 0 radical (unpaired) electrons. The summed E-state index contributed by atoms with van der Waals surface area (Å²) in [7, 11) is 1.28. The lowest BCUT2D eigenvalue weighted by Gasteiger charge is -2.41. The molecule has 0 saturated carbocycles. The first-order valence-electron chi connectivity index (χ1n) is 10.9. The third-order valence-corrected chi connectivity index (χ3v) is 5.91. The van der Waals surface area contributed by atoms with Gasteiger partial charge in [0.1, 0.15) is 0 Å². The number of rotatable bonds is 8. The molecule has 0 fully saturated rings. The lowest BCUT2D eigenvalue weighted by Crippen LogP contribution is -2.51. The number of nitrogens with one attached hydrogen (secondary N) is 1. The van der Waals surface area contributed by atoms with Crippen LogP contribution < -0.4 is 5.32 Å². The smallest absolute Gasteiger partial charge is 0.336 e. The Morgan fingerprint density at radius 2 is 1.06 bits per heavy atom. The molecule has 0 saturated heterocycles. The maximum absolute atomic E-state index is 12.5. The average molecular weight is 438 g/mol. The standard InChI is InChI=1S/C29H27NO3/c1-33-28(32)27(31)26(22-14-6-2-7-15-22)30-29(23-16-8-3-9-17-23,24-18-10-4-11-19-24)25-20-12-5-13-21-25/h2-21,26-27,30-31H,1H3/t26-,27-/m0/s1. The van der Waals surface area contributed by atoms with Gasteiger partial charge < -0.3 is 9.84 Å². The van der Waals surface area contributed by atoms with Crippen LogP contribution in [0.2, 0.25) is 0 Å². The number of ether oxygens (including phenoxy) is 1. The molecule has 0 heterocycles. The van der Waals surface area contributed by atoms with Crippen molar-refractivity contribution in [1.29, 1.82) is 0 Å². The lowest BCUT2D eigenvalue weighted by molar-refractivity contribution is -0.152. The number of aliphatic hydroxyl groups is 1. The van der Waals surface area contributed by atoms with Gasteiger partial charge in [-0.2, -0.15) is 0 Å². The van der Waals surface area contributed by atoms with Gasteiger partial charge >= 0.3 is 5.97 Å². The Hall–Kier alpha value is -3.73. The third kappa shape index (κ3) is 4.58. The molecular formula is C29H27NO3. The van der Waals surface area contributed by atoms with Gasteiger partial charge in [-0.25, -0.2) is 4.79 Å². The number of carbonyl (C=O) groups is 1. The van der Waals surface area contributed by atoms with Crippen LogP contribution in [0, 0.1) is 0 Å². The SMILES string of the molecule is COC(=O)[C@@H](O)[C@@H](NC(c1ccccc1)(c1ccccc1)c1ccccc1)c1ccccc1. The molecule has 4 nitrogen and oxygen atoms in total. The summed E-state index contributed by atoms with van der Waals surface area (Å²) in [6.07, 6.45) is -1.41. The first-order chi connectivity index (χ1) is 16.2. The molecule has 4 aromatic rings. The van der Waals surface area contributed by atoms with Crippen LogP contribution in [0.3, 0.4) is 0 Å². The van der Waals surface area contributed by atoms with E-state index in [0.717, 1.165) is 22.3 Å². The summed E-state index contributed by atoms with van der Waals surface area (Å²) in [5.41, 5.74) is 2.89. The maximum atomic E-state index is 12.5. The number of carbonyl (C=O) groups excluding carboxylic acids is 1. The van der Waals surface area contributed by atoms with E-state index in [1.807, 2.05) is 84.9 Å². The molecule has 0 aliphatic carbocycles. The molecule has 166 valence electrons. The molecule has 4 aromatic carbocycles. The molecule has 33 heavy (non-hydrogen) atoms. The van der Waals surface area contributed by atoms with Crippen molar-refractivity contribution in [3.8, 4) is 0 Å². The highest BCUT2D eigenvalue weighted by Crippen LogP contribution is 2.39. The van der Waals surface area contributed by atoms with Crippen molar-refractivity contribution >= 4 is 5.97 Å². The zero-order chi connectivity index (χ0) is 23.1. The summed E-state index contributed by atoms with van der Waals surface area (Å²) in [5.74, 6) is -0.695. The number of benzene rings is 4. The summed E-state index contributed by atoms with van der Waals surface area (Å²) in [4.78, 5) is 12.5. The van der Waals surface area contributed by atoms with E-state index in [9.17, 15) is 9.90 Å². The molecule has 0 spiro atoms. The molecule has 4 rings (SSSR count). The number of esters is 1. The van der Waals surface area contributed by atoms with Gasteiger partial charge in [0, 0.05) is 0 Å². The van der Waals surface area contributed by atoms with Crippen LogP contribution in [0.5, 0.6) is 0 Å². The fourth-order valence-corrected chi connectivity index (χ4v) is 4.31. The molecule has 2 N–H and O–H groups in total. The van der Waals surface area contributed by atoms with Crippen molar-refractivity contribution in [2.45, 2.75) is 17.7 Å². The molecule has 2 atom stereocenters. The second kappa shape index (κ2) is 10.3. The van der Waals surface area contributed by atoms with Crippen molar-refractivity contribution in [2.24, 2.45) is 0 Å². The molecular weight excluding hydrogens is 410 g/mol. The minimum absolute atomic E-state index is 0.695. The van der Waals surface area contributed by atoms with E-state index in [2.05, 4.69) is 41.7 Å². The van der Waals surface area contributed by atoms with Gasteiger partial charge in [-0.05, 0) is 22.3 Å². The van der Waals surface area contributed by atoms with E-state index in [1.54, 1.807) is 0 Å². The third-order valence-electron chi connectivity index (χ3n) is 5.91. The van der Waals surface area contributed by atoms with Gasteiger partial charge in [0.15, 0.2) is 6.10 Å². The van der Waals surface area contributed by atoms with Crippen LogP contribution in [0.4, 0.5) is 0 Å². The first-order valence-corrected chi connectivity index (χ1v) is 10.9. The van der Waals surface area contributed by atoms with Crippen LogP contribution in [0.1, 0.15) is 28.3 Å².